The molecule has 0 aliphatic heterocycles. The molecular weight excluding hydrogens is 376 g/mol. The van der Waals surface area contributed by atoms with E-state index in [1.165, 1.54) is 57.8 Å². The highest BCUT2D eigenvalue weighted by Crippen LogP contribution is 2.22. The lowest BCUT2D eigenvalue weighted by atomic mass is 9.91. The molecule has 0 aromatic heterocycles. The summed E-state index contributed by atoms with van der Waals surface area (Å²) in [5.41, 5.74) is 0. The lowest BCUT2D eigenvalue weighted by Crippen LogP contribution is -2.11. The van der Waals surface area contributed by atoms with Crippen molar-refractivity contribution in [2.24, 2.45) is 23.7 Å². The van der Waals surface area contributed by atoms with Crippen LogP contribution in [0.2, 0.25) is 0 Å². The average molecular weight is 431 g/mol. The maximum Gasteiger partial charge on any atom is 0.0701 e. The van der Waals surface area contributed by atoms with Crippen LogP contribution in [-0.4, -0.2) is 51.4 Å². The summed E-state index contributed by atoms with van der Waals surface area (Å²) in [5, 5.41) is 8.59. The summed E-state index contributed by atoms with van der Waals surface area (Å²) in [7, 11) is 0. The Labute approximate surface area is 188 Å². The number of hydrogen-bond acceptors (Lipinski definition) is 4. The predicted octanol–water partition coefficient (Wildman–Crippen LogP) is 6.49. The molecule has 0 spiro atoms. The van der Waals surface area contributed by atoms with E-state index in [0.29, 0.717) is 33.0 Å². The molecular formula is C26H54O4. The fourth-order valence-corrected chi connectivity index (χ4v) is 3.83. The van der Waals surface area contributed by atoms with Crippen LogP contribution in [0.15, 0.2) is 0 Å². The van der Waals surface area contributed by atoms with Gasteiger partial charge in [0.1, 0.15) is 0 Å². The van der Waals surface area contributed by atoms with E-state index in [4.69, 9.17) is 19.3 Å². The van der Waals surface area contributed by atoms with Crippen LogP contribution in [0, 0.1) is 23.7 Å². The summed E-state index contributed by atoms with van der Waals surface area (Å²) in [4.78, 5) is 0. The number of aliphatic hydroxyl groups is 1. The normalized spacial score (nSPS) is 14.9. The lowest BCUT2D eigenvalue weighted by molar-refractivity contribution is 0.00600. The van der Waals surface area contributed by atoms with Crippen molar-refractivity contribution in [1.82, 2.24) is 0 Å². The van der Waals surface area contributed by atoms with Crippen molar-refractivity contribution in [3.63, 3.8) is 0 Å². The highest BCUT2D eigenvalue weighted by Gasteiger charge is 2.08. The van der Waals surface area contributed by atoms with Crippen LogP contribution in [0.5, 0.6) is 0 Å². The van der Waals surface area contributed by atoms with Crippen LogP contribution in [0.25, 0.3) is 0 Å². The Kier molecular flexibility index (Phi) is 21.9. The number of rotatable bonds is 23. The van der Waals surface area contributed by atoms with E-state index in [0.717, 1.165) is 36.7 Å². The summed E-state index contributed by atoms with van der Waals surface area (Å²) in [6.07, 6.45) is 13.6. The molecule has 0 aromatic rings. The smallest absolute Gasteiger partial charge is 0.0701 e. The second kappa shape index (κ2) is 22.0. The molecule has 182 valence electrons. The molecule has 1 N–H and O–H groups in total. The predicted molar refractivity (Wildman–Crippen MR) is 128 cm³/mol. The van der Waals surface area contributed by atoms with Gasteiger partial charge in [-0.25, -0.2) is 0 Å². The summed E-state index contributed by atoms with van der Waals surface area (Å²) < 4.78 is 16.2. The first kappa shape index (κ1) is 29.8. The third-order valence-corrected chi connectivity index (χ3v) is 6.00. The summed E-state index contributed by atoms with van der Waals surface area (Å²) >= 11 is 0. The van der Waals surface area contributed by atoms with Gasteiger partial charge in [-0.15, -0.1) is 0 Å². The molecule has 4 heteroatoms. The fraction of sp³-hybridized carbons (Fsp3) is 1.00. The molecule has 0 aliphatic rings. The zero-order chi connectivity index (χ0) is 22.5. The summed E-state index contributed by atoms with van der Waals surface area (Å²) in [5.74, 6) is 3.37. The van der Waals surface area contributed by atoms with Crippen molar-refractivity contribution in [1.29, 1.82) is 0 Å². The molecule has 3 atom stereocenters. The second-order valence-electron chi connectivity index (χ2n) is 9.85. The first-order valence-corrected chi connectivity index (χ1v) is 12.8. The summed E-state index contributed by atoms with van der Waals surface area (Å²) in [6.45, 7) is 15.5. The van der Waals surface area contributed by atoms with Crippen molar-refractivity contribution < 1.29 is 19.3 Å². The Morgan fingerprint density at radius 1 is 0.467 bits per heavy atom. The van der Waals surface area contributed by atoms with Crippen molar-refractivity contribution in [3.8, 4) is 0 Å². The van der Waals surface area contributed by atoms with Gasteiger partial charge in [0.05, 0.1) is 39.6 Å². The molecule has 0 saturated carbocycles. The largest absolute Gasteiger partial charge is 0.394 e. The molecule has 0 heterocycles. The zero-order valence-electron chi connectivity index (χ0n) is 21.0. The minimum atomic E-state index is 0.0676. The first-order chi connectivity index (χ1) is 14.5. The van der Waals surface area contributed by atoms with Gasteiger partial charge in [-0.1, -0.05) is 92.4 Å². The molecule has 0 bridgehead atoms. The Morgan fingerprint density at radius 3 is 1.27 bits per heavy atom. The molecule has 1 unspecified atom stereocenters. The highest BCUT2D eigenvalue weighted by atomic mass is 16.5. The van der Waals surface area contributed by atoms with Crippen LogP contribution < -0.4 is 0 Å². The molecule has 0 radical (unpaired) electrons. The standard InChI is InChI=1S/C26H54O4/c1-23(2)9-6-10-24(3)11-7-12-25(4)13-8-14-26(5)15-17-28-19-21-30-22-20-29-18-16-27/h23-27H,6-22H2,1-5H3/t24-,25-,26?/m1/s1. The number of ether oxygens (including phenoxy) is 3. The number of hydrogen-bond donors (Lipinski definition) is 1. The van der Waals surface area contributed by atoms with E-state index >= 15 is 0 Å². The zero-order valence-corrected chi connectivity index (χ0v) is 21.0. The van der Waals surface area contributed by atoms with Crippen molar-refractivity contribution in [2.75, 3.05) is 46.2 Å². The average Bonchev–Trinajstić information content (AvgIpc) is 2.69. The van der Waals surface area contributed by atoms with Gasteiger partial charge in [0.15, 0.2) is 0 Å². The van der Waals surface area contributed by atoms with Gasteiger partial charge in [-0.3, -0.25) is 0 Å². The number of aliphatic hydroxyl groups excluding tert-OH is 1. The van der Waals surface area contributed by atoms with E-state index < -0.39 is 0 Å². The van der Waals surface area contributed by atoms with Gasteiger partial charge in [-0.05, 0) is 30.1 Å². The van der Waals surface area contributed by atoms with Crippen LogP contribution in [0.3, 0.4) is 0 Å². The lowest BCUT2D eigenvalue weighted by Gasteiger charge is -2.16. The van der Waals surface area contributed by atoms with Gasteiger partial charge < -0.3 is 19.3 Å². The molecule has 4 nitrogen and oxygen atoms in total. The highest BCUT2D eigenvalue weighted by molar-refractivity contribution is 4.61. The summed E-state index contributed by atoms with van der Waals surface area (Å²) in [6, 6.07) is 0. The van der Waals surface area contributed by atoms with Gasteiger partial charge >= 0.3 is 0 Å². The van der Waals surface area contributed by atoms with Crippen molar-refractivity contribution in [2.45, 2.75) is 98.8 Å². The van der Waals surface area contributed by atoms with E-state index in [-0.39, 0.29) is 6.61 Å². The van der Waals surface area contributed by atoms with E-state index in [1.54, 1.807) is 0 Å². The van der Waals surface area contributed by atoms with Gasteiger partial charge in [0.2, 0.25) is 0 Å². The Morgan fingerprint density at radius 2 is 0.833 bits per heavy atom. The fourth-order valence-electron chi connectivity index (χ4n) is 3.83. The van der Waals surface area contributed by atoms with E-state index in [1.807, 2.05) is 0 Å². The van der Waals surface area contributed by atoms with Crippen LogP contribution >= 0.6 is 0 Å². The van der Waals surface area contributed by atoms with Gasteiger partial charge in [0.25, 0.3) is 0 Å². The third-order valence-electron chi connectivity index (χ3n) is 6.00. The molecule has 30 heavy (non-hydrogen) atoms. The molecule has 0 aliphatic carbocycles. The third kappa shape index (κ3) is 22.5. The molecule has 0 saturated heterocycles. The first-order valence-electron chi connectivity index (χ1n) is 12.8. The Bertz CT molecular complexity index is 335. The minimum absolute atomic E-state index is 0.0676. The quantitative estimate of drug-likeness (QED) is 0.188. The maximum atomic E-state index is 8.59. The second-order valence-corrected chi connectivity index (χ2v) is 9.85. The molecule has 0 amide bonds. The van der Waals surface area contributed by atoms with Crippen LogP contribution in [0.4, 0.5) is 0 Å². The van der Waals surface area contributed by atoms with Crippen molar-refractivity contribution in [3.05, 3.63) is 0 Å². The molecule has 0 aromatic carbocycles. The Hall–Kier alpha value is -0.160. The molecule has 0 fully saturated rings. The van der Waals surface area contributed by atoms with Gasteiger partial charge in [0, 0.05) is 6.61 Å². The Balaban J connectivity index is 3.41. The van der Waals surface area contributed by atoms with E-state index in [9.17, 15) is 0 Å². The topological polar surface area (TPSA) is 47.9 Å². The van der Waals surface area contributed by atoms with Crippen molar-refractivity contribution >= 4 is 0 Å². The van der Waals surface area contributed by atoms with E-state index in [2.05, 4.69) is 34.6 Å². The maximum absolute atomic E-state index is 8.59. The molecule has 0 rings (SSSR count). The van der Waals surface area contributed by atoms with Crippen LogP contribution in [0.1, 0.15) is 98.8 Å². The monoisotopic (exact) mass is 430 g/mol. The van der Waals surface area contributed by atoms with Gasteiger partial charge in [-0.2, -0.15) is 0 Å². The SMILES string of the molecule is CC(C)CCC[C@@H](C)CCC[C@@H](C)CCCC(C)CCOCCOCCOCCO. The van der Waals surface area contributed by atoms with Crippen LogP contribution in [-0.2, 0) is 14.2 Å². The minimum Gasteiger partial charge on any atom is -0.394 e.